The maximum absolute atomic E-state index is 12.9. The molecular formula is C22H33N3O5. The van der Waals surface area contributed by atoms with E-state index >= 15 is 0 Å². The second-order valence-electron chi connectivity index (χ2n) is 8.77. The molecule has 0 saturated carbocycles. The molecule has 2 fully saturated rings. The van der Waals surface area contributed by atoms with Gasteiger partial charge in [0.05, 0.1) is 31.8 Å². The Morgan fingerprint density at radius 3 is 2.67 bits per heavy atom. The Hall–Kier alpha value is -2.19. The van der Waals surface area contributed by atoms with E-state index in [2.05, 4.69) is 4.98 Å². The Bertz CT molecular complexity index is 700. The quantitative estimate of drug-likeness (QED) is 0.660. The highest BCUT2D eigenvalue weighted by molar-refractivity contribution is 5.77. The van der Waals surface area contributed by atoms with E-state index in [9.17, 15) is 9.59 Å². The molecule has 8 nitrogen and oxygen atoms in total. The Labute approximate surface area is 178 Å². The molecule has 0 bridgehead atoms. The number of hydrogen-bond donors (Lipinski definition) is 0. The number of hydrogen-bond acceptors (Lipinski definition) is 6. The first-order chi connectivity index (χ1) is 14.3. The van der Waals surface area contributed by atoms with Crippen LogP contribution in [-0.2, 0) is 19.0 Å². The van der Waals surface area contributed by atoms with E-state index in [1.54, 1.807) is 17.3 Å². The molecule has 2 amide bonds. The van der Waals surface area contributed by atoms with E-state index in [4.69, 9.17) is 14.2 Å². The van der Waals surface area contributed by atoms with Crippen LogP contribution in [0.5, 0.6) is 0 Å². The van der Waals surface area contributed by atoms with E-state index in [0.717, 1.165) is 25.0 Å². The molecule has 1 aromatic rings. The number of piperazine rings is 1. The lowest BCUT2D eigenvalue weighted by Crippen LogP contribution is -2.53. The number of carbonyl (C=O) groups excluding carboxylic acids is 2. The van der Waals surface area contributed by atoms with Crippen LogP contribution >= 0.6 is 0 Å². The molecule has 30 heavy (non-hydrogen) atoms. The van der Waals surface area contributed by atoms with Crippen LogP contribution in [0.2, 0.25) is 0 Å². The van der Waals surface area contributed by atoms with Crippen LogP contribution in [0, 0.1) is 0 Å². The van der Waals surface area contributed by atoms with Crippen molar-refractivity contribution in [3.8, 4) is 0 Å². The average molecular weight is 420 g/mol. The van der Waals surface area contributed by atoms with Crippen LogP contribution in [0.3, 0.4) is 0 Å². The van der Waals surface area contributed by atoms with Crippen LogP contribution in [0.25, 0.3) is 0 Å². The maximum Gasteiger partial charge on any atom is 0.410 e. The predicted molar refractivity (Wildman–Crippen MR) is 111 cm³/mol. The number of carbonyl (C=O) groups is 2. The number of amides is 2. The topological polar surface area (TPSA) is 81.2 Å². The minimum absolute atomic E-state index is 0.0213. The molecule has 0 aliphatic carbocycles. The van der Waals surface area contributed by atoms with Gasteiger partial charge in [0, 0.05) is 38.6 Å². The van der Waals surface area contributed by atoms with Gasteiger partial charge in [-0.15, -0.1) is 0 Å². The normalized spacial score (nSPS) is 22.2. The fourth-order valence-electron chi connectivity index (χ4n) is 3.74. The zero-order valence-electron chi connectivity index (χ0n) is 18.2. The molecule has 8 heteroatoms. The van der Waals surface area contributed by atoms with Crippen molar-refractivity contribution in [1.29, 1.82) is 0 Å². The molecule has 3 rings (SSSR count). The molecule has 2 aliphatic heterocycles. The first-order valence-corrected chi connectivity index (χ1v) is 10.7. The van der Waals surface area contributed by atoms with Gasteiger partial charge in [-0.05, 0) is 51.3 Å². The SMILES string of the molecule is CC(C)(C)OC(=O)N1CCN(C(=O)CCOC[C@@H]2CCCO2)[C@@H](c2ccncc2)C1. The molecule has 0 aromatic carbocycles. The third kappa shape index (κ3) is 6.40. The Kier molecular flexibility index (Phi) is 7.66. The summed E-state index contributed by atoms with van der Waals surface area (Å²) in [7, 11) is 0. The fraction of sp³-hybridized carbons (Fsp3) is 0.682. The highest BCUT2D eigenvalue weighted by atomic mass is 16.6. The van der Waals surface area contributed by atoms with Gasteiger partial charge >= 0.3 is 6.09 Å². The first kappa shape index (κ1) is 22.5. The molecular weight excluding hydrogens is 386 g/mol. The molecule has 0 radical (unpaired) electrons. The molecule has 0 N–H and O–H groups in total. The van der Waals surface area contributed by atoms with Crippen molar-refractivity contribution in [2.24, 2.45) is 0 Å². The monoisotopic (exact) mass is 419 g/mol. The number of pyridine rings is 1. The van der Waals surface area contributed by atoms with Gasteiger partial charge < -0.3 is 24.0 Å². The van der Waals surface area contributed by atoms with Crippen molar-refractivity contribution >= 4 is 12.0 Å². The van der Waals surface area contributed by atoms with E-state index in [0.29, 0.717) is 39.3 Å². The fourth-order valence-corrected chi connectivity index (χ4v) is 3.74. The van der Waals surface area contributed by atoms with Crippen LogP contribution in [-0.4, -0.2) is 77.9 Å². The Morgan fingerprint density at radius 2 is 2.00 bits per heavy atom. The van der Waals surface area contributed by atoms with E-state index in [1.165, 1.54) is 0 Å². The lowest BCUT2D eigenvalue weighted by Gasteiger charge is -2.42. The smallest absolute Gasteiger partial charge is 0.410 e. The zero-order valence-corrected chi connectivity index (χ0v) is 18.2. The summed E-state index contributed by atoms with van der Waals surface area (Å²) in [6.45, 7) is 8.53. The summed E-state index contributed by atoms with van der Waals surface area (Å²) in [6, 6.07) is 3.54. The highest BCUT2D eigenvalue weighted by Crippen LogP contribution is 2.27. The maximum atomic E-state index is 12.9. The standard InChI is InChI=1S/C22H33N3O5/c1-22(2,3)30-21(27)24-11-12-25(19(15-24)17-6-9-23-10-7-17)20(26)8-14-28-16-18-5-4-13-29-18/h6-7,9-10,18-19H,4-5,8,11-16H2,1-3H3/t18-,19+/m0/s1. The van der Waals surface area contributed by atoms with Crippen molar-refractivity contribution in [3.05, 3.63) is 30.1 Å². The van der Waals surface area contributed by atoms with E-state index < -0.39 is 5.60 Å². The molecule has 0 unspecified atom stereocenters. The third-order valence-electron chi connectivity index (χ3n) is 5.23. The molecule has 2 aliphatic rings. The zero-order chi connectivity index (χ0) is 21.6. The molecule has 3 heterocycles. The predicted octanol–water partition coefficient (Wildman–Crippen LogP) is 2.79. The summed E-state index contributed by atoms with van der Waals surface area (Å²) in [5, 5.41) is 0. The summed E-state index contributed by atoms with van der Waals surface area (Å²) in [6.07, 6.45) is 5.61. The lowest BCUT2D eigenvalue weighted by molar-refractivity contribution is -0.137. The van der Waals surface area contributed by atoms with Crippen molar-refractivity contribution in [2.45, 2.75) is 57.8 Å². The summed E-state index contributed by atoms with van der Waals surface area (Å²) < 4.78 is 16.7. The average Bonchev–Trinajstić information content (AvgIpc) is 3.23. The Morgan fingerprint density at radius 1 is 1.23 bits per heavy atom. The third-order valence-corrected chi connectivity index (χ3v) is 5.23. The van der Waals surface area contributed by atoms with Crippen LogP contribution in [0.1, 0.15) is 51.6 Å². The van der Waals surface area contributed by atoms with Crippen molar-refractivity contribution in [3.63, 3.8) is 0 Å². The second kappa shape index (κ2) is 10.2. The number of nitrogens with zero attached hydrogens (tertiary/aromatic N) is 3. The summed E-state index contributed by atoms with van der Waals surface area (Å²) in [4.78, 5) is 33.1. The van der Waals surface area contributed by atoms with Gasteiger partial charge in [0.15, 0.2) is 0 Å². The lowest BCUT2D eigenvalue weighted by atomic mass is 10.0. The van der Waals surface area contributed by atoms with Gasteiger partial charge in [-0.2, -0.15) is 0 Å². The molecule has 2 atom stereocenters. The minimum atomic E-state index is -0.559. The number of rotatable bonds is 6. The molecule has 2 saturated heterocycles. The summed E-state index contributed by atoms with van der Waals surface area (Å²) >= 11 is 0. The van der Waals surface area contributed by atoms with Gasteiger partial charge in [-0.3, -0.25) is 9.78 Å². The van der Waals surface area contributed by atoms with Gasteiger partial charge in [0.25, 0.3) is 0 Å². The van der Waals surface area contributed by atoms with Crippen LogP contribution in [0.15, 0.2) is 24.5 Å². The van der Waals surface area contributed by atoms with E-state index in [-0.39, 0.29) is 24.1 Å². The summed E-state index contributed by atoms with van der Waals surface area (Å²) in [5.41, 5.74) is 0.392. The highest BCUT2D eigenvalue weighted by Gasteiger charge is 2.35. The second-order valence-corrected chi connectivity index (χ2v) is 8.77. The van der Waals surface area contributed by atoms with Crippen LogP contribution in [0.4, 0.5) is 4.79 Å². The van der Waals surface area contributed by atoms with Crippen molar-refractivity contribution < 1.29 is 23.8 Å². The van der Waals surface area contributed by atoms with Gasteiger partial charge in [0.2, 0.25) is 5.91 Å². The van der Waals surface area contributed by atoms with Crippen LogP contribution < -0.4 is 0 Å². The van der Waals surface area contributed by atoms with Gasteiger partial charge in [-0.1, -0.05) is 0 Å². The molecule has 166 valence electrons. The van der Waals surface area contributed by atoms with Gasteiger partial charge in [-0.25, -0.2) is 4.79 Å². The largest absolute Gasteiger partial charge is 0.444 e. The van der Waals surface area contributed by atoms with Gasteiger partial charge in [0.1, 0.15) is 5.60 Å². The first-order valence-electron chi connectivity index (χ1n) is 10.7. The van der Waals surface area contributed by atoms with Crippen molar-refractivity contribution in [2.75, 3.05) is 39.5 Å². The number of ether oxygens (including phenoxy) is 3. The molecule has 0 spiro atoms. The number of aromatic nitrogens is 1. The van der Waals surface area contributed by atoms with Crippen molar-refractivity contribution in [1.82, 2.24) is 14.8 Å². The Balaban J connectivity index is 1.59. The van der Waals surface area contributed by atoms with E-state index in [1.807, 2.05) is 37.8 Å². The minimum Gasteiger partial charge on any atom is -0.444 e. The molecule has 1 aromatic heterocycles. The summed E-state index contributed by atoms with van der Waals surface area (Å²) in [5.74, 6) is 0.0213.